The molecule has 0 radical (unpaired) electrons. The summed E-state index contributed by atoms with van der Waals surface area (Å²) in [5.74, 6) is 0.749. The largest absolute Gasteiger partial charge is 0.492 e. The molecule has 0 saturated carbocycles. The van der Waals surface area contributed by atoms with E-state index in [2.05, 4.69) is 23.7 Å². The van der Waals surface area contributed by atoms with Crippen molar-refractivity contribution < 1.29 is 9.53 Å². The molecule has 0 N–H and O–H groups in total. The van der Waals surface area contributed by atoms with Gasteiger partial charge in [-0.1, -0.05) is 32.0 Å². The van der Waals surface area contributed by atoms with Gasteiger partial charge in [-0.3, -0.25) is 9.78 Å². The highest BCUT2D eigenvalue weighted by molar-refractivity contribution is 6.06. The van der Waals surface area contributed by atoms with Gasteiger partial charge in [0.05, 0.1) is 0 Å². The SMILES string of the molecule is CCN(CC)CCOc1ccccc1C=CC(=O)c1ccncc1. The van der Waals surface area contributed by atoms with Gasteiger partial charge in [-0.25, -0.2) is 0 Å². The highest BCUT2D eigenvalue weighted by atomic mass is 16.5. The summed E-state index contributed by atoms with van der Waals surface area (Å²) in [6.45, 7) is 7.84. The molecule has 2 aromatic rings. The van der Waals surface area contributed by atoms with Gasteiger partial charge in [0.15, 0.2) is 5.78 Å². The summed E-state index contributed by atoms with van der Waals surface area (Å²) in [6, 6.07) is 11.2. The van der Waals surface area contributed by atoms with Gasteiger partial charge in [0.1, 0.15) is 12.4 Å². The Morgan fingerprint density at radius 3 is 2.54 bits per heavy atom. The first-order valence-electron chi connectivity index (χ1n) is 8.31. The average Bonchev–Trinajstić information content (AvgIpc) is 2.65. The van der Waals surface area contributed by atoms with E-state index >= 15 is 0 Å². The second kappa shape index (κ2) is 9.63. The first-order valence-corrected chi connectivity index (χ1v) is 8.31. The molecule has 4 heteroatoms. The standard InChI is InChI=1S/C20H24N2O2/c1-3-22(4-2)15-16-24-20-8-6-5-7-18(20)9-10-19(23)17-11-13-21-14-12-17/h5-14H,3-4,15-16H2,1-2H3. The van der Waals surface area contributed by atoms with Crippen molar-refractivity contribution in [3.05, 3.63) is 66.0 Å². The quantitative estimate of drug-likeness (QED) is 0.521. The molecule has 0 spiro atoms. The van der Waals surface area contributed by atoms with E-state index in [1.165, 1.54) is 0 Å². The number of pyridine rings is 1. The van der Waals surface area contributed by atoms with Crippen LogP contribution < -0.4 is 4.74 Å². The zero-order chi connectivity index (χ0) is 17.2. The molecule has 2 rings (SSSR count). The number of allylic oxidation sites excluding steroid dienone is 1. The molecule has 0 aliphatic rings. The third-order valence-corrected chi connectivity index (χ3v) is 3.86. The second-order valence-corrected chi connectivity index (χ2v) is 5.35. The van der Waals surface area contributed by atoms with Gasteiger partial charge in [0, 0.05) is 30.1 Å². The van der Waals surface area contributed by atoms with Gasteiger partial charge in [0.2, 0.25) is 0 Å². The molecule has 0 amide bonds. The van der Waals surface area contributed by atoms with Crippen molar-refractivity contribution in [3.63, 3.8) is 0 Å². The fraction of sp³-hybridized carbons (Fsp3) is 0.300. The fourth-order valence-electron chi connectivity index (χ4n) is 2.35. The molecule has 24 heavy (non-hydrogen) atoms. The predicted octanol–water partition coefficient (Wildman–Crippen LogP) is 3.70. The molecule has 1 heterocycles. The Morgan fingerprint density at radius 2 is 1.83 bits per heavy atom. The van der Waals surface area contributed by atoms with Crippen LogP contribution in [0.1, 0.15) is 29.8 Å². The third kappa shape index (κ3) is 5.32. The van der Waals surface area contributed by atoms with Crippen molar-refractivity contribution in [2.24, 2.45) is 0 Å². The maximum atomic E-state index is 12.1. The average molecular weight is 324 g/mol. The van der Waals surface area contributed by atoms with Crippen molar-refractivity contribution >= 4 is 11.9 Å². The zero-order valence-corrected chi connectivity index (χ0v) is 14.3. The minimum atomic E-state index is -0.0460. The van der Waals surface area contributed by atoms with Crippen LogP contribution in [0.4, 0.5) is 0 Å². The molecule has 4 nitrogen and oxygen atoms in total. The minimum Gasteiger partial charge on any atom is -0.492 e. The monoisotopic (exact) mass is 324 g/mol. The molecule has 0 unspecified atom stereocenters. The number of rotatable bonds is 9. The maximum absolute atomic E-state index is 12.1. The Labute approximate surface area is 143 Å². The summed E-state index contributed by atoms with van der Waals surface area (Å²) in [4.78, 5) is 18.4. The Kier molecular flexibility index (Phi) is 7.18. The molecule has 0 aliphatic carbocycles. The highest BCUT2D eigenvalue weighted by Gasteiger charge is 2.04. The number of hydrogen-bond donors (Lipinski definition) is 0. The van der Waals surface area contributed by atoms with Gasteiger partial charge in [0.25, 0.3) is 0 Å². The first kappa shape index (κ1) is 17.9. The van der Waals surface area contributed by atoms with E-state index in [1.54, 1.807) is 36.7 Å². The van der Waals surface area contributed by atoms with Crippen LogP contribution in [0, 0.1) is 0 Å². The zero-order valence-electron chi connectivity index (χ0n) is 14.3. The van der Waals surface area contributed by atoms with Crippen molar-refractivity contribution in [2.45, 2.75) is 13.8 Å². The highest BCUT2D eigenvalue weighted by Crippen LogP contribution is 2.19. The third-order valence-electron chi connectivity index (χ3n) is 3.86. The number of para-hydroxylation sites is 1. The number of aromatic nitrogens is 1. The van der Waals surface area contributed by atoms with E-state index < -0.39 is 0 Å². The van der Waals surface area contributed by atoms with Crippen molar-refractivity contribution in [3.8, 4) is 5.75 Å². The lowest BCUT2D eigenvalue weighted by atomic mass is 10.1. The van der Waals surface area contributed by atoms with Gasteiger partial charge in [-0.2, -0.15) is 0 Å². The molecule has 0 fully saturated rings. The lowest BCUT2D eigenvalue weighted by molar-refractivity contribution is 0.104. The summed E-state index contributed by atoms with van der Waals surface area (Å²) in [6.07, 6.45) is 6.61. The summed E-state index contributed by atoms with van der Waals surface area (Å²) >= 11 is 0. The van der Waals surface area contributed by atoms with E-state index in [4.69, 9.17) is 4.74 Å². The van der Waals surface area contributed by atoms with Crippen molar-refractivity contribution in [1.29, 1.82) is 0 Å². The number of benzene rings is 1. The van der Waals surface area contributed by atoms with Crippen LogP contribution in [0.15, 0.2) is 54.9 Å². The Morgan fingerprint density at radius 1 is 1.12 bits per heavy atom. The van der Waals surface area contributed by atoms with Crippen LogP contribution in [-0.4, -0.2) is 41.9 Å². The Hall–Kier alpha value is -2.46. The number of carbonyl (C=O) groups is 1. The predicted molar refractivity (Wildman–Crippen MR) is 97.3 cm³/mol. The van der Waals surface area contributed by atoms with E-state index in [-0.39, 0.29) is 5.78 Å². The summed E-state index contributed by atoms with van der Waals surface area (Å²) in [7, 11) is 0. The van der Waals surface area contributed by atoms with Gasteiger partial charge in [-0.05, 0) is 43.4 Å². The van der Waals surface area contributed by atoms with Crippen molar-refractivity contribution in [1.82, 2.24) is 9.88 Å². The number of carbonyl (C=O) groups excluding carboxylic acids is 1. The second-order valence-electron chi connectivity index (χ2n) is 5.35. The number of ether oxygens (including phenoxy) is 1. The first-order chi connectivity index (χ1) is 11.7. The molecular formula is C20H24N2O2. The van der Waals surface area contributed by atoms with Crippen LogP contribution in [0.3, 0.4) is 0 Å². The van der Waals surface area contributed by atoms with Gasteiger partial charge >= 0.3 is 0 Å². The molecule has 0 aliphatic heterocycles. The lowest BCUT2D eigenvalue weighted by Gasteiger charge is -2.18. The number of ketones is 1. The van der Waals surface area contributed by atoms with E-state index in [0.717, 1.165) is 30.9 Å². The Balaban J connectivity index is 2.00. The lowest BCUT2D eigenvalue weighted by Crippen LogP contribution is -2.27. The van der Waals surface area contributed by atoms with Gasteiger partial charge in [-0.15, -0.1) is 0 Å². The summed E-state index contributed by atoms with van der Waals surface area (Å²) in [5, 5.41) is 0. The molecular weight excluding hydrogens is 300 g/mol. The molecule has 0 atom stereocenters. The Bertz CT molecular complexity index is 664. The minimum absolute atomic E-state index is 0.0460. The summed E-state index contributed by atoms with van der Waals surface area (Å²) < 4.78 is 5.90. The topological polar surface area (TPSA) is 42.4 Å². The van der Waals surface area contributed by atoms with Crippen LogP contribution in [-0.2, 0) is 0 Å². The normalized spacial score (nSPS) is 11.1. The van der Waals surface area contributed by atoms with Crippen LogP contribution >= 0.6 is 0 Å². The van der Waals surface area contributed by atoms with Crippen LogP contribution in [0.25, 0.3) is 6.08 Å². The molecule has 0 bridgehead atoms. The van der Waals surface area contributed by atoms with Crippen LogP contribution in [0.5, 0.6) is 5.75 Å². The number of likely N-dealkylation sites (N-methyl/N-ethyl adjacent to an activating group) is 1. The molecule has 126 valence electrons. The van der Waals surface area contributed by atoms with E-state index in [0.29, 0.717) is 12.2 Å². The molecule has 0 saturated heterocycles. The van der Waals surface area contributed by atoms with E-state index in [1.807, 2.05) is 24.3 Å². The van der Waals surface area contributed by atoms with Crippen molar-refractivity contribution in [2.75, 3.05) is 26.2 Å². The number of nitrogens with zero attached hydrogens (tertiary/aromatic N) is 2. The number of hydrogen-bond acceptors (Lipinski definition) is 4. The van der Waals surface area contributed by atoms with Gasteiger partial charge < -0.3 is 9.64 Å². The smallest absolute Gasteiger partial charge is 0.185 e. The molecule has 1 aromatic carbocycles. The fourth-order valence-corrected chi connectivity index (χ4v) is 2.35. The molecule has 1 aromatic heterocycles. The van der Waals surface area contributed by atoms with Crippen LogP contribution in [0.2, 0.25) is 0 Å². The maximum Gasteiger partial charge on any atom is 0.185 e. The summed E-state index contributed by atoms with van der Waals surface area (Å²) in [5.41, 5.74) is 1.53. The van der Waals surface area contributed by atoms with E-state index in [9.17, 15) is 4.79 Å².